The van der Waals surface area contributed by atoms with Crippen molar-refractivity contribution in [3.8, 4) is 11.3 Å². The Morgan fingerprint density at radius 1 is 1.10 bits per heavy atom. The molecule has 4 rings (SSSR count). The smallest absolute Gasteiger partial charge is 0.285 e. The molecule has 1 aliphatic heterocycles. The molecule has 8 nitrogen and oxygen atoms in total. The summed E-state index contributed by atoms with van der Waals surface area (Å²) in [6.45, 7) is 0. The van der Waals surface area contributed by atoms with Crippen LogP contribution in [0.3, 0.4) is 0 Å². The fraction of sp³-hybridized carbons (Fsp3) is 0. The number of hydrazine groups is 1. The molecule has 1 fully saturated rings. The van der Waals surface area contributed by atoms with Gasteiger partial charge in [0.1, 0.15) is 11.5 Å². The van der Waals surface area contributed by atoms with E-state index in [2.05, 4.69) is 5.43 Å². The predicted molar refractivity (Wildman–Crippen MR) is 120 cm³/mol. The number of nitrogens with one attached hydrogen (secondary N) is 1. The first-order chi connectivity index (χ1) is 14.9. The van der Waals surface area contributed by atoms with Crippen molar-refractivity contribution in [1.82, 2.24) is 10.4 Å². The molecule has 0 bridgehead atoms. The first-order valence-electron chi connectivity index (χ1n) is 8.91. The topological polar surface area (TPSA) is 106 Å². The number of nitrogens with zero attached hydrogens (tertiary/aromatic N) is 2. The molecule has 1 aromatic heterocycles. The Morgan fingerprint density at radius 3 is 2.48 bits per heavy atom. The summed E-state index contributed by atoms with van der Waals surface area (Å²) in [4.78, 5) is 35.6. The van der Waals surface area contributed by atoms with E-state index in [1.165, 1.54) is 18.2 Å². The maximum Gasteiger partial charge on any atom is 0.285 e. The number of benzene rings is 2. The lowest BCUT2D eigenvalue weighted by Gasteiger charge is -2.15. The Labute approximate surface area is 185 Å². The first kappa shape index (κ1) is 20.5. The van der Waals surface area contributed by atoms with Crippen LogP contribution < -0.4 is 5.43 Å². The Hall–Kier alpha value is -3.76. The van der Waals surface area contributed by atoms with Crippen molar-refractivity contribution in [3.05, 3.63) is 93.1 Å². The van der Waals surface area contributed by atoms with Crippen LogP contribution in [0, 0.1) is 10.1 Å². The van der Waals surface area contributed by atoms with Crippen molar-refractivity contribution in [1.29, 1.82) is 0 Å². The molecule has 3 aromatic rings. The highest BCUT2D eigenvalue weighted by atomic mass is 32.2. The summed E-state index contributed by atoms with van der Waals surface area (Å²) < 4.78 is 5.94. The Balaban J connectivity index is 1.49. The number of non-ortho nitro benzene ring substituents is 1. The SMILES string of the molecule is O=C(NN1C(=O)/C(=C\c2ccc(-c3ccc([N+](=O)[O-])cc3)o2)SC1=S)c1ccccc1. The number of amides is 2. The number of furan rings is 1. The lowest BCUT2D eigenvalue weighted by molar-refractivity contribution is -0.384. The van der Waals surface area contributed by atoms with Crippen LogP contribution in [0.1, 0.15) is 16.1 Å². The lowest BCUT2D eigenvalue weighted by atomic mass is 10.1. The van der Waals surface area contributed by atoms with Crippen LogP contribution in [0.2, 0.25) is 0 Å². The minimum atomic E-state index is -0.476. The largest absolute Gasteiger partial charge is 0.457 e. The molecule has 2 heterocycles. The summed E-state index contributed by atoms with van der Waals surface area (Å²) in [5.74, 6) is -0.0126. The van der Waals surface area contributed by atoms with Gasteiger partial charge in [0.05, 0.1) is 9.83 Å². The normalized spacial score (nSPS) is 14.8. The van der Waals surface area contributed by atoms with E-state index in [1.54, 1.807) is 54.6 Å². The van der Waals surface area contributed by atoms with Gasteiger partial charge in [-0.1, -0.05) is 30.0 Å². The number of thiocarbonyl (C=S) groups is 1. The zero-order valence-electron chi connectivity index (χ0n) is 15.7. The molecule has 1 aliphatic rings. The van der Waals surface area contributed by atoms with Gasteiger partial charge in [-0.3, -0.25) is 25.1 Å². The fourth-order valence-corrected chi connectivity index (χ4v) is 3.94. The highest BCUT2D eigenvalue weighted by molar-refractivity contribution is 8.26. The monoisotopic (exact) mass is 451 g/mol. The Morgan fingerprint density at radius 2 is 1.81 bits per heavy atom. The molecule has 0 saturated carbocycles. The molecule has 0 atom stereocenters. The van der Waals surface area contributed by atoms with Gasteiger partial charge in [0.25, 0.3) is 17.5 Å². The zero-order valence-corrected chi connectivity index (χ0v) is 17.3. The highest BCUT2D eigenvalue weighted by Crippen LogP contribution is 2.33. The Bertz CT molecular complexity index is 1220. The number of carbonyl (C=O) groups excluding carboxylic acids is 2. The number of nitro groups is 1. The minimum absolute atomic E-state index is 0.0169. The van der Waals surface area contributed by atoms with Gasteiger partial charge in [0, 0.05) is 29.3 Å². The lowest BCUT2D eigenvalue weighted by Crippen LogP contribution is -2.44. The first-order valence-corrected chi connectivity index (χ1v) is 10.1. The van der Waals surface area contributed by atoms with E-state index in [1.807, 2.05) is 0 Å². The molecule has 10 heteroatoms. The molecule has 0 spiro atoms. The third-order valence-electron chi connectivity index (χ3n) is 4.31. The van der Waals surface area contributed by atoms with Gasteiger partial charge in [-0.15, -0.1) is 0 Å². The van der Waals surface area contributed by atoms with Gasteiger partial charge in [-0.25, -0.2) is 0 Å². The molecular formula is C21H13N3O5S2. The standard InChI is InChI=1S/C21H13N3O5S2/c25-19(14-4-2-1-3-5-14)22-23-20(26)18(31-21(23)30)12-16-10-11-17(29-16)13-6-8-15(9-7-13)24(27)28/h1-12H,(H,22,25)/b18-12+. The van der Waals surface area contributed by atoms with E-state index in [0.717, 1.165) is 16.8 Å². The quantitative estimate of drug-likeness (QED) is 0.265. The average molecular weight is 451 g/mol. The summed E-state index contributed by atoms with van der Waals surface area (Å²) in [5.41, 5.74) is 3.56. The van der Waals surface area contributed by atoms with Gasteiger partial charge in [-0.2, -0.15) is 5.01 Å². The summed E-state index contributed by atoms with van der Waals surface area (Å²) in [6.07, 6.45) is 1.53. The second-order valence-corrected chi connectivity index (χ2v) is 8.01. The number of hydrogen-bond donors (Lipinski definition) is 1. The van der Waals surface area contributed by atoms with Crippen molar-refractivity contribution in [2.24, 2.45) is 0 Å². The van der Waals surface area contributed by atoms with Gasteiger partial charge in [-0.05, 0) is 48.6 Å². The van der Waals surface area contributed by atoms with Crippen molar-refractivity contribution < 1.29 is 18.9 Å². The van der Waals surface area contributed by atoms with Crippen LogP contribution in [-0.4, -0.2) is 26.1 Å². The van der Waals surface area contributed by atoms with Crippen LogP contribution in [0.15, 0.2) is 76.1 Å². The van der Waals surface area contributed by atoms with Crippen molar-refractivity contribution >= 4 is 51.9 Å². The van der Waals surface area contributed by atoms with E-state index in [4.69, 9.17) is 16.6 Å². The van der Waals surface area contributed by atoms with E-state index in [-0.39, 0.29) is 10.0 Å². The highest BCUT2D eigenvalue weighted by Gasteiger charge is 2.34. The van der Waals surface area contributed by atoms with Crippen LogP contribution >= 0.6 is 24.0 Å². The van der Waals surface area contributed by atoms with Gasteiger partial charge >= 0.3 is 0 Å². The molecule has 1 saturated heterocycles. The summed E-state index contributed by atoms with van der Waals surface area (Å²) in [5, 5.41) is 11.8. The summed E-state index contributed by atoms with van der Waals surface area (Å²) >= 11 is 6.26. The van der Waals surface area contributed by atoms with E-state index >= 15 is 0 Å². The number of rotatable bonds is 5. The molecule has 0 unspecified atom stereocenters. The molecule has 2 aromatic carbocycles. The van der Waals surface area contributed by atoms with Crippen LogP contribution in [0.5, 0.6) is 0 Å². The van der Waals surface area contributed by atoms with Crippen molar-refractivity contribution in [2.75, 3.05) is 0 Å². The second-order valence-electron chi connectivity index (χ2n) is 6.33. The molecule has 0 radical (unpaired) electrons. The molecular weight excluding hydrogens is 438 g/mol. The second kappa shape index (κ2) is 8.54. The van der Waals surface area contributed by atoms with E-state index < -0.39 is 16.7 Å². The molecule has 2 amide bonds. The van der Waals surface area contributed by atoms with Crippen molar-refractivity contribution in [3.63, 3.8) is 0 Å². The zero-order chi connectivity index (χ0) is 22.0. The molecule has 0 aliphatic carbocycles. The third kappa shape index (κ3) is 4.39. The van der Waals surface area contributed by atoms with Gasteiger partial charge in [0.2, 0.25) is 0 Å². The van der Waals surface area contributed by atoms with Gasteiger partial charge < -0.3 is 4.42 Å². The number of carbonyl (C=O) groups is 2. The van der Waals surface area contributed by atoms with Gasteiger partial charge in [0.15, 0.2) is 4.32 Å². The molecule has 154 valence electrons. The van der Waals surface area contributed by atoms with E-state index in [9.17, 15) is 19.7 Å². The maximum atomic E-state index is 12.7. The van der Waals surface area contributed by atoms with E-state index in [0.29, 0.717) is 27.6 Å². The Kier molecular flexibility index (Phi) is 5.65. The predicted octanol–water partition coefficient (Wildman–Crippen LogP) is 4.40. The number of nitro benzene ring substituents is 1. The summed E-state index contributed by atoms with van der Waals surface area (Å²) in [7, 11) is 0. The minimum Gasteiger partial charge on any atom is -0.457 e. The van der Waals surface area contributed by atoms with Crippen LogP contribution in [0.4, 0.5) is 5.69 Å². The molecule has 31 heavy (non-hydrogen) atoms. The number of thioether (sulfide) groups is 1. The number of hydrogen-bond acceptors (Lipinski definition) is 7. The third-order valence-corrected chi connectivity index (χ3v) is 5.61. The fourth-order valence-electron chi connectivity index (χ4n) is 2.78. The van der Waals surface area contributed by atoms with Crippen LogP contribution in [0.25, 0.3) is 17.4 Å². The summed E-state index contributed by atoms with van der Waals surface area (Å²) in [6, 6.07) is 17.8. The maximum absolute atomic E-state index is 12.7. The van der Waals surface area contributed by atoms with Crippen molar-refractivity contribution in [2.45, 2.75) is 0 Å². The van der Waals surface area contributed by atoms with Crippen LogP contribution in [-0.2, 0) is 4.79 Å². The average Bonchev–Trinajstić information content (AvgIpc) is 3.35. The molecule has 1 N–H and O–H groups in total.